The van der Waals surface area contributed by atoms with Gasteiger partial charge in [-0.25, -0.2) is 4.57 Å². The van der Waals surface area contributed by atoms with Crippen LogP contribution in [0.5, 0.6) is 0 Å². The number of hydrogen-bond donors (Lipinski definition) is 3. The highest BCUT2D eigenvalue weighted by Crippen LogP contribution is 2.43. The van der Waals surface area contributed by atoms with Crippen LogP contribution >= 0.6 is 7.82 Å². The van der Waals surface area contributed by atoms with Crippen LogP contribution in [0.3, 0.4) is 0 Å². The minimum absolute atomic E-state index is 0.158. The molecule has 0 radical (unpaired) electrons. The highest BCUT2D eigenvalue weighted by atomic mass is 31.2. The second kappa shape index (κ2) is 39.8. The van der Waals surface area contributed by atoms with E-state index in [1.807, 2.05) is 0 Å². The zero-order valence-corrected chi connectivity index (χ0v) is 36.4. The van der Waals surface area contributed by atoms with Crippen molar-refractivity contribution in [3.8, 4) is 0 Å². The Kier molecular flexibility index (Phi) is 38.3. The van der Waals surface area contributed by atoms with Crippen molar-refractivity contribution in [1.82, 2.24) is 0 Å². The van der Waals surface area contributed by atoms with Gasteiger partial charge < -0.3 is 25.2 Å². The Bertz CT molecular complexity index is 1050. The van der Waals surface area contributed by atoms with Crippen LogP contribution in [0.2, 0.25) is 0 Å². The summed E-state index contributed by atoms with van der Waals surface area (Å²) in [6, 6.07) is -1.52. The lowest BCUT2D eigenvalue weighted by Gasteiger charge is -2.20. The molecule has 0 saturated heterocycles. The van der Waals surface area contributed by atoms with Gasteiger partial charge in [0.15, 0.2) is 6.10 Å². The third-order valence-electron chi connectivity index (χ3n) is 9.67. The minimum Gasteiger partial charge on any atom is -0.480 e. The molecule has 0 bridgehead atoms. The maximum Gasteiger partial charge on any atom is 0.472 e. The molecule has 12 heteroatoms. The van der Waals surface area contributed by atoms with Crippen LogP contribution in [-0.4, -0.2) is 59.9 Å². The number of unbranched alkanes of at least 4 members (excludes halogenated alkanes) is 24. The Morgan fingerprint density at radius 1 is 0.536 bits per heavy atom. The first kappa shape index (κ1) is 54.0. The lowest BCUT2D eigenvalue weighted by Crippen LogP contribution is -2.34. The lowest BCUT2D eigenvalue weighted by molar-refractivity contribution is -0.161. The molecular weight excluding hydrogens is 733 g/mol. The zero-order chi connectivity index (χ0) is 41.4. The number of phosphoric ester groups is 1. The third kappa shape index (κ3) is 38.8. The van der Waals surface area contributed by atoms with Gasteiger partial charge >= 0.3 is 25.7 Å². The van der Waals surface area contributed by atoms with Crippen LogP contribution in [-0.2, 0) is 37.5 Å². The van der Waals surface area contributed by atoms with Crippen LogP contribution in [0.1, 0.15) is 206 Å². The van der Waals surface area contributed by atoms with Crippen LogP contribution in [0, 0.1) is 0 Å². The number of rotatable bonds is 42. The van der Waals surface area contributed by atoms with Crippen molar-refractivity contribution in [2.75, 3.05) is 19.8 Å². The number of carbonyl (C=O) groups is 3. The van der Waals surface area contributed by atoms with Gasteiger partial charge in [0.1, 0.15) is 12.6 Å². The summed E-state index contributed by atoms with van der Waals surface area (Å²) in [5.74, 6) is -2.38. The van der Waals surface area contributed by atoms with Crippen molar-refractivity contribution in [2.24, 2.45) is 5.73 Å². The fourth-order valence-electron chi connectivity index (χ4n) is 6.11. The van der Waals surface area contributed by atoms with Crippen LogP contribution in [0.4, 0.5) is 0 Å². The van der Waals surface area contributed by atoms with Crippen molar-refractivity contribution >= 4 is 25.7 Å². The van der Waals surface area contributed by atoms with E-state index in [0.717, 1.165) is 51.4 Å². The molecule has 328 valence electrons. The van der Waals surface area contributed by atoms with E-state index in [0.29, 0.717) is 12.8 Å². The maximum absolute atomic E-state index is 12.6. The fourth-order valence-corrected chi connectivity index (χ4v) is 6.89. The molecule has 0 fully saturated rings. The molecule has 0 rings (SSSR count). The number of hydrogen-bond acceptors (Lipinski definition) is 9. The summed E-state index contributed by atoms with van der Waals surface area (Å²) in [4.78, 5) is 46.0. The van der Waals surface area contributed by atoms with Gasteiger partial charge in [0, 0.05) is 12.8 Å². The zero-order valence-electron chi connectivity index (χ0n) is 35.5. The summed E-state index contributed by atoms with van der Waals surface area (Å²) in [6.07, 6.45) is 40.9. The number of carbonyl (C=O) groups excluding carboxylic acids is 2. The molecule has 4 N–H and O–H groups in total. The third-order valence-corrected chi connectivity index (χ3v) is 10.6. The number of nitrogens with two attached hydrogens (primary N) is 1. The van der Waals surface area contributed by atoms with Gasteiger partial charge in [-0.1, -0.05) is 154 Å². The van der Waals surface area contributed by atoms with Crippen LogP contribution in [0.15, 0.2) is 24.3 Å². The normalized spacial score (nSPS) is 13.9. The summed E-state index contributed by atoms with van der Waals surface area (Å²) >= 11 is 0. The average molecular weight is 816 g/mol. The van der Waals surface area contributed by atoms with E-state index >= 15 is 0 Å². The number of esters is 2. The predicted molar refractivity (Wildman–Crippen MR) is 226 cm³/mol. The molecule has 1 unspecified atom stereocenters. The molecule has 11 nitrogen and oxygen atoms in total. The largest absolute Gasteiger partial charge is 0.480 e. The Balaban J connectivity index is 4.33. The number of carboxylic acids is 1. The second-order valence-corrected chi connectivity index (χ2v) is 16.6. The number of ether oxygens (including phenoxy) is 2. The van der Waals surface area contributed by atoms with E-state index in [9.17, 15) is 23.8 Å². The molecule has 0 aliphatic carbocycles. The second-order valence-electron chi connectivity index (χ2n) is 15.2. The molecule has 0 aliphatic heterocycles. The molecule has 56 heavy (non-hydrogen) atoms. The quantitative estimate of drug-likeness (QED) is 0.0232. The average Bonchev–Trinajstić information content (AvgIpc) is 3.17. The highest BCUT2D eigenvalue weighted by molar-refractivity contribution is 7.47. The maximum atomic E-state index is 12.6. The first-order chi connectivity index (χ1) is 27.1. The van der Waals surface area contributed by atoms with Gasteiger partial charge in [-0.2, -0.15) is 0 Å². The van der Waals surface area contributed by atoms with Crippen molar-refractivity contribution in [1.29, 1.82) is 0 Å². The van der Waals surface area contributed by atoms with Gasteiger partial charge in [0.2, 0.25) is 0 Å². The summed E-state index contributed by atoms with van der Waals surface area (Å²) < 4.78 is 32.7. The standard InChI is InChI=1S/C44H82NO10P/c1-3-5-7-9-11-13-15-17-19-20-22-23-25-27-29-31-33-35-42(46)52-37-40(38-53-56(50,51)54-39-41(45)44(48)49)55-43(47)36-34-32-30-28-26-24-21-18-16-14-12-10-8-6-4-2/h13-16,40-41H,3-12,17-39,45H2,1-2H3,(H,48,49)(H,50,51)/b15-13+,16-14+/t40-,41+/m1/s1. The van der Waals surface area contributed by atoms with Crippen LogP contribution in [0.25, 0.3) is 0 Å². The Hall–Kier alpha value is -2.04. The van der Waals surface area contributed by atoms with Gasteiger partial charge in [-0.05, 0) is 64.2 Å². The Morgan fingerprint density at radius 2 is 0.893 bits per heavy atom. The van der Waals surface area contributed by atoms with Gasteiger partial charge in [0.25, 0.3) is 0 Å². The molecule has 0 aromatic rings. The molecule has 0 aromatic heterocycles. The van der Waals surface area contributed by atoms with E-state index in [2.05, 4.69) is 42.7 Å². The first-order valence-electron chi connectivity index (χ1n) is 22.4. The molecule has 0 amide bonds. The Morgan fingerprint density at radius 3 is 1.30 bits per heavy atom. The first-order valence-corrected chi connectivity index (χ1v) is 23.9. The van der Waals surface area contributed by atoms with Crippen molar-refractivity contribution < 1.29 is 47.5 Å². The molecule has 0 saturated carbocycles. The summed E-state index contributed by atoms with van der Waals surface area (Å²) in [5, 5.41) is 8.89. The Labute approximate surface area is 340 Å². The fraction of sp³-hybridized carbons (Fsp3) is 0.841. The molecule has 0 aromatic carbocycles. The minimum atomic E-state index is -4.71. The molecule has 0 heterocycles. The SMILES string of the molecule is CCCCCC/C=C/CCCCCCCCCCCC(=O)OC[C@H](COP(=O)(O)OC[C@H](N)C(=O)O)OC(=O)CCCCCCCCC/C=C/CCCCCC. The lowest BCUT2D eigenvalue weighted by atomic mass is 10.1. The van der Waals surface area contributed by atoms with E-state index in [4.69, 9.17) is 24.8 Å². The topological polar surface area (TPSA) is 172 Å². The number of allylic oxidation sites excluding steroid dienone is 4. The predicted octanol–water partition coefficient (Wildman–Crippen LogP) is 11.8. The number of aliphatic carboxylic acids is 1. The van der Waals surface area contributed by atoms with Gasteiger partial charge in [0.05, 0.1) is 13.2 Å². The smallest absolute Gasteiger partial charge is 0.472 e. The number of phosphoric acid groups is 1. The van der Waals surface area contributed by atoms with Crippen molar-refractivity contribution in [3.05, 3.63) is 24.3 Å². The molecule has 0 aliphatic rings. The van der Waals surface area contributed by atoms with Crippen molar-refractivity contribution in [2.45, 2.75) is 219 Å². The van der Waals surface area contributed by atoms with E-state index < -0.39 is 51.1 Å². The monoisotopic (exact) mass is 816 g/mol. The number of carboxylic acid groups (broad SMARTS) is 1. The molecule has 3 atom stereocenters. The molecular formula is C44H82NO10P. The van der Waals surface area contributed by atoms with E-state index in [-0.39, 0.29) is 19.4 Å². The van der Waals surface area contributed by atoms with Gasteiger partial charge in [-0.3, -0.25) is 23.4 Å². The van der Waals surface area contributed by atoms with E-state index in [1.54, 1.807) is 0 Å². The summed E-state index contributed by atoms with van der Waals surface area (Å²) in [5.41, 5.74) is 5.33. The molecule has 0 spiro atoms. The highest BCUT2D eigenvalue weighted by Gasteiger charge is 2.28. The van der Waals surface area contributed by atoms with Crippen LogP contribution < -0.4 is 5.73 Å². The van der Waals surface area contributed by atoms with Gasteiger partial charge in [-0.15, -0.1) is 0 Å². The summed E-state index contributed by atoms with van der Waals surface area (Å²) in [6.45, 7) is 2.79. The van der Waals surface area contributed by atoms with Crippen molar-refractivity contribution in [3.63, 3.8) is 0 Å². The summed E-state index contributed by atoms with van der Waals surface area (Å²) in [7, 11) is -4.71. The van der Waals surface area contributed by atoms with E-state index in [1.165, 1.54) is 116 Å².